The van der Waals surface area contributed by atoms with Gasteiger partial charge in [0.15, 0.2) is 12.4 Å². The molecule has 0 aliphatic heterocycles. The second-order valence-corrected chi connectivity index (χ2v) is 4.21. The van der Waals surface area contributed by atoms with Crippen LogP contribution in [-0.4, -0.2) is 0 Å². The van der Waals surface area contributed by atoms with Crippen LogP contribution in [0.1, 0.15) is 0 Å². The molecule has 1 nitrogen and oxygen atoms in total. The van der Waals surface area contributed by atoms with Crippen molar-refractivity contribution < 1.29 is 4.40 Å². The van der Waals surface area contributed by atoms with E-state index >= 15 is 0 Å². The Morgan fingerprint density at radius 3 is 2.73 bits per heavy atom. The van der Waals surface area contributed by atoms with Crippen molar-refractivity contribution >= 4 is 16.9 Å². The highest BCUT2D eigenvalue weighted by Crippen LogP contribution is 2.24. The predicted octanol–water partition coefficient (Wildman–Crippen LogP) is 3.15. The van der Waals surface area contributed by atoms with E-state index in [0.29, 0.717) is 0 Å². The topological polar surface area (TPSA) is 4.10 Å². The molecule has 3 aromatic heterocycles. The first-order chi connectivity index (χ1) is 7.45. The van der Waals surface area contributed by atoms with Crippen molar-refractivity contribution in [2.45, 2.75) is 0 Å². The lowest BCUT2D eigenvalue weighted by atomic mass is 10.1. The van der Waals surface area contributed by atoms with E-state index in [4.69, 9.17) is 0 Å². The van der Waals surface area contributed by atoms with Crippen LogP contribution in [0.2, 0.25) is 0 Å². The van der Waals surface area contributed by atoms with Crippen LogP contribution < -0.4 is 4.40 Å². The van der Waals surface area contributed by atoms with Crippen molar-refractivity contribution in [1.82, 2.24) is 0 Å². The van der Waals surface area contributed by atoms with Gasteiger partial charge >= 0.3 is 0 Å². The second-order valence-electron chi connectivity index (χ2n) is 3.43. The van der Waals surface area contributed by atoms with Gasteiger partial charge in [-0.3, -0.25) is 0 Å². The lowest BCUT2D eigenvalue weighted by Gasteiger charge is -1.97. The largest absolute Gasteiger partial charge is 0.218 e. The molecule has 0 spiro atoms. The third-order valence-corrected chi connectivity index (χ3v) is 3.19. The van der Waals surface area contributed by atoms with E-state index in [1.165, 1.54) is 16.6 Å². The zero-order valence-corrected chi connectivity index (χ0v) is 8.95. The molecule has 3 heterocycles. The minimum Gasteiger partial charge on any atom is -0.167 e. The summed E-state index contributed by atoms with van der Waals surface area (Å²) in [5, 5.41) is 4.30. The van der Waals surface area contributed by atoms with Crippen LogP contribution >= 0.6 is 11.3 Å². The van der Waals surface area contributed by atoms with Crippen LogP contribution in [0.3, 0.4) is 0 Å². The highest BCUT2D eigenvalue weighted by molar-refractivity contribution is 7.08. The molecule has 0 radical (unpaired) electrons. The van der Waals surface area contributed by atoms with Crippen molar-refractivity contribution in [2.75, 3.05) is 0 Å². The Labute approximate surface area is 92.3 Å². The molecular formula is C13H10NS+. The van der Waals surface area contributed by atoms with Gasteiger partial charge in [0.05, 0.1) is 5.56 Å². The summed E-state index contributed by atoms with van der Waals surface area (Å²) in [6, 6.07) is 12.7. The number of fused-ring (bicyclic) bond motifs is 1. The van der Waals surface area contributed by atoms with Gasteiger partial charge in [0.25, 0.3) is 0 Å². The van der Waals surface area contributed by atoms with Gasteiger partial charge in [-0.05, 0) is 34.5 Å². The van der Waals surface area contributed by atoms with E-state index in [-0.39, 0.29) is 0 Å². The van der Waals surface area contributed by atoms with Gasteiger partial charge in [0.2, 0.25) is 5.52 Å². The molecule has 0 amide bonds. The summed E-state index contributed by atoms with van der Waals surface area (Å²) in [4.78, 5) is 0. The summed E-state index contributed by atoms with van der Waals surface area (Å²) in [6.07, 6.45) is 4.15. The molecule has 0 aliphatic carbocycles. The Bertz CT molecular complexity index is 579. The number of hydrogen-bond donors (Lipinski definition) is 0. The summed E-state index contributed by atoms with van der Waals surface area (Å²) in [7, 11) is 0. The fourth-order valence-corrected chi connectivity index (χ4v) is 2.45. The van der Waals surface area contributed by atoms with Gasteiger partial charge in [0, 0.05) is 18.2 Å². The minimum atomic E-state index is 1.25. The first kappa shape index (κ1) is 8.62. The van der Waals surface area contributed by atoms with Crippen LogP contribution in [0.15, 0.2) is 59.6 Å². The van der Waals surface area contributed by atoms with Gasteiger partial charge in [-0.2, -0.15) is 15.7 Å². The summed E-state index contributed by atoms with van der Waals surface area (Å²) in [5.41, 5.74) is 3.84. The highest BCUT2D eigenvalue weighted by atomic mass is 32.1. The van der Waals surface area contributed by atoms with Gasteiger partial charge in [0.1, 0.15) is 0 Å². The van der Waals surface area contributed by atoms with Gasteiger partial charge in [-0.15, -0.1) is 0 Å². The molecule has 0 atom stereocenters. The number of thiophene rings is 1. The first-order valence-corrected chi connectivity index (χ1v) is 5.81. The molecule has 2 heteroatoms. The maximum Gasteiger partial charge on any atom is 0.218 e. The number of aromatic nitrogens is 1. The van der Waals surface area contributed by atoms with Crippen LogP contribution in [0.5, 0.6) is 0 Å². The van der Waals surface area contributed by atoms with E-state index in [2.05, 4.69) is 57.9 Å². The smallest absolute Gasteiger partial charge is 0.167 e. The quantitative estimate of drug-likeness (QED) is 0.546. The van der Waals surface area contributed by atoms with Crippen LogP contribution in [0.25, 0.3) is 16.6 Å². The third kappa shape index (κ3) is 1.43. The van der Waals surface area contributed by atoms with E-state index in [9.17, 15) is 0 Å². The van der Waals surface area contributed by atoms with E-state index < -0.39 is 0 Å². The zero-order chi connectivity index (χ0) is 10.1. The van der Waals surface area contributed by atoms with Crippen molar-refractivity contribution in [3.63, 3.8) is 0 Å². The molecule has 0 unspecified atom stereocenters. The fourth-order valence-electron chi connectivity index (χ4n) is 1.79. The minimum absolute atomic E-state index is 1.25. The van der Waals surface area contributed by atoms with Crippen molar-refractivity contribution in [1.29, 1.82) is 0 Å². The highest BCUT2D eigenvalue weighted by Gasteiger charge is 2.08. The maximum atomic E-state index is 2.18. The summed E-state index contributed by atoms with van der Waals surface area (Å²) < 4.78 is 2.15. The van der Waals surface area contributed by atoms with E-state index in [1.54, 1.807) is 11.3 Å². The fraction of sp³-hybridized carbons (Fsp3) is 0. The molecule has 0 saturated heterocycles. The van der Waals surface area contributed by atoms with Crippen molar-refractivity contribution in [2.24, 2.45) is 0 Å². The standard InChI is InChI=1S/C13H10NS/c1-2-7-14-8-3-4-12(13(14)5-1)11-6-9-15-10-11/h1-10H/q+1. The Morgan fingerprint density at radius 2 is 1.87 bits per heavy atom. The zero-order valence-electron chi connectivity index (χ0n) is 8.13. The first-order valence-electron chi connectivity index (χ1n) is 4.87. The maximum absolute atomic E-state index is 2.18. The average molecular weight is 212 g/mol. The normalized spacial score (nSPS) is 10.7. The molecule has 0 fully saturated rings. The summed E-state index contributed by atoms with van der Waals surface area (Å²) in [5.74, 6) is 0. The van der Waals surface area contributed by atoms with Crippen molar-refractivity contribution in [3.05, 3.63) is 59.6 Å². The Morgan fingerprint density at radius 1 is 0.933 bits per heavy atom. The Kier molecular flexibility index (Phi) is 2.00. The second kappa shape index (κ2) is 3.48. The Balaban J connectivity index is 2.36. The molecule has 0 saturated carbocycles. The van der Waals surface area contributed by atoms with Gasteiger partial charge < -0.3 is 0 Å². The van der Waals surface area contributed by atoms with Gasteiger partial charge in [-0.1, -0.05) is 0 Å². The molecule has 15 heavy (non-hydrogen) atoms. The molecule has 3 aromatic rings. The molecule has 3 rings (SSSR count). The molecular weight excluding hydrogens is 202 g/mol. The molecule has 0 N–H and O–H groups in total. The SMILES string of the molecule is c1cc[n+]2cccc(-c3ccsc3)c2c1. The van der Waals surface area contributed by atoms with E-state index in [1.807, 2.05) is 6.07 Å². The third-order valence-electron chi connectivity index (χ3n) is 2.51. The van der Waals surface area contributed by atoms with Crippen LogP contribution in [-0.2, 0) is 0 Å². The predicted molar refractivity (Wildman–Crippen MR) is 62.9 cm³/mol. The average Bonchev–Trinajstić information content (AvgIpc) is 2.82. The number of rotatable bonds is 1. The number of pyridine rings is 2. The van der Waals surface area contributed by atoms with Gasteiger partial charge in [-0.25, -0.2) is 0 Å². The lowest BCUT2D eigenvalue weighted by Crippen LogP contribution is -2.20. The van der Waals surface area contributed by atoms with Crippen LogP contribution in [0, 0.1) is 0 Å². The Hall–Kier alpha value is -1.67. The van der Waals surface area contributed by atoms with Crippen molar-refractivity contribution in [3.8, 4) is 11.1 Å². The van der Waals surface area contributed by atoms with Crippen LogP contribution in [0.4, 0.5) is 0 Å². The lowest BCUT2D eigenvalue weighted by molar-refractivity contribution is -0.511. The monoisotopic (exact) mass is 212 g/mol. The molecule has 0 bridgehead atoms. The number of hydrogen-bond acceptors (Lipinski definition) is 1. The molecule has 0 aliphatic rings. The molecule has 72 valence electrons. The van der Waals surface area contributed by atoms with E-state index in [0.717, 1.165) is 0 Å². The number of nitrogens with zero attached hydrogens (tertiary/aromatic N) is 1. The molecule has 0 aromatic carbocycles. The summed E-state index contributed by atoms with van der Waals surface area (Å²) >= 11 is 1.73. The summed E-state index contributed by atoms with van der Waals surface area (Å²) in [6.45, 7) is 0.